The summed E-state index contributed by atoms with van der Waals surface area (Å²) in [5.41, 5.74) is 1.40. The second-order valence-electron chi connectivity index (χ2n) is 5.07. The van der Waals surface area contributed by atoms with E-state index in [1.54, 1.807) is 37.3 Å². The van der Waals surface area contributed by atoms with Gasteiger partial charge in [0.1, 0.15) is 11.1 Å². The molecule has 0 aliphatic heterocycles. The van der Waals surface area contributed by atoms with Crippen molar-refractivity contribution in [2.24, 2.45) is 0 Å². The third-order valence-electron chi connectivity index (χ3n) is 3.32. The number of benzene rings is 2. The van der Waals surface area contributed by atoms with Crippen molar-refractivity contribution >= 4 is 16.7 Å². The largest absolute Gasteiger partial charge is 0.351 e. The lowest BCUT2D eigenvalue weighted by molar-refractivity contribution is -0.120. The fourth-order valence-corrected chi connectivity index (χ4v) is 3.21. The molecule has 0 spiro atoms. The van der Waals surface area contributed by atoms with Gasteiger partial charge in [0, 0.05) is 17.0 Å². The van der Waals surface area contributed by atoms with Crippen molar-refractivity contribution < 1.29 is 13.4 Å². The normalized spacial score (nSPS) is 13.4. The lowest BCUT2D eigenvalue weighted by Gasteiger charge is -2.13. The Morgan fingerprint density at radius 2 is 1.95 bits per heavy atom. The lowest BCUT2D eigenvalue weighted by Crippen LogP contribution is -2.35. The summed E-state index contributed by atoms with van der Waals surface area (Å²) in [6.07, 6.45) is 0. The summed E-state index contributed by atoms with van der Waals surface area (Å²) >= 11 is 0. The summed E-state index contributed by atoms with van der Waals surface area (Å²) in [7, 11) is -1.44. The zero-order chi connectivity index (χ0) is 16.1. The molecule has 1 N–H and O–H groups in total. The molecule has 2 unspecified atom stereocenters. The molecule has 0 heterocycles. The highest BCUT2D eigenvalue weighted by molar-refractivity contribution is 7.86. The number of carbonyl (C=O) groups excluding carboxylic acids is 1. The monoisotopic (exact) mass is 319 g/mol. The molecule has 22 heavy (non-hydrogen) atoms. The molecule has 2 atom stereocenters. The molecule has 0 aromatic heterocycles. The van der Waals surface area contributed by atoms with Gasteiger partial charge in [0.15, 0.2) is 0 Å². The Balaban J connectivity index is 2.00. The maximum absolute atomic E-state index is 13.5. The molecule has 0 aliphatic rings. The average Bonchev–Trinajstić information content (AvgIpc) is 2.52. The third kappa shape index (κ3) is 4.01. The van der Waals surface area contributed by atoms with Crippen LogP contribution in [0, 0.1) is 12.7 Å². The van der Waals surface area contributed by atoms with E-state index in [9.17, 15) is 13.4 Å². The van der Waals surface area contributed by atoms with Gasteiger partial charge in [-0.1, -0.05) is 30.3 Å². The smallest absolute Gasteiger partial charge is 0.236 e. The number of rotatable bonds is 5. The van der Waals surface area contributed by atoms with E-state index >= 15 is 0 Å². The van der Waals surface area contributed by atoms with Crippen molar-refractivity contribution in [3.05, 3.63) is 65.5 Å². The van der Waals surface area contributed by atoms with Crippen molar-refractivity contribution in [1.29, 1.82) is 0 Å². The summed E-state index contributed by atoms with van der Waals surface area (Å²) < 4.78 is 25.9. The van der Waals surface area contributed by atoms with E-state index in [1.807, 2.05) is 19.1 Å². The van der Waals surface area contributed by atoms with Gasteiger partial charge in [-0.3, -0.25) is 9.00 Å². The van der Waals surface area contributed by atoms with Crippen LogP contribution in [0.15, 0.2) is 53.4 Å². The van der Waals surface area contributed by atoms with Crippen LogP contribution in [-0.4, -0.2) is 15.4 Å². The van der Waals surface area contributed by atoms with Gasteiger partial charge < -0.3 is 5.32 Å². The SMILES string of the molecule is Cc1cccc(S(=O)C(C)C(=O)NCc2ccccc2F)c1. The van der Waals surface area contributed by atoms with Gasteiger partial charge in [-0.05, 0) is 37.6 Å². The summed E-state index contributed by atoms with van der Waals surface area (Å²) in [5, 5.41) is 1.93. The van der Waals surface area contributed by atoms with E-state index in [4.69, 9.17) is 0 Å². The van der Waals surface area contributed by atoms with Gasteiger partial charge in [0.2, 0.25) is 5.91 Å². The summed E-state index contributed by atoms with van der Waals surface area (Å²) in [6, 6.07) is 13.5. The summed E-state index contributed by atoms with van der Waals surface area (Å²) in [5.74, 6) is -0.724. The van der Waals surface area contributed by atoms with Gasteiger partial charge in [0.25, 0.3) is 0 Å². The van der Waals surface area contributed by atoms with Crippen LogP contribution in [0.4, 0.5) is 4.39 Å². The Kier molecular flexibility index (Phi) is 5.44. The fourth-order valence-electron chi connectivity index (χ4n) is 2.01. The number of nitrogens with one attached hydrogen (secondary N) is 1. The first kappa shape index (κ1) is 16.4. The molecule has 2 rings (SSSR count). The first-order valence-electron chi connectivity index (χ1n) is 6.97. The van der Waals surface area contributed by atoms with E-state index in [0.717, 1.165) is 5.56 Å². The number of halogens is 1. The zero-order valence-electron chi connectivity index (χ0n) is 12.5. The first-order valence-corrected chi connectivity index (χ1v) is 8.18. The lowest BCUT2D eigenvalue weighted by atomic mass is 10.2. The molecule has 116 valence electrons. The van der Waals surface area contributed by atoms with Crippen LogP contribution in [0.25, 0.3) is 0 Å². The molecule has 2 aromatic carbocycles. The van der Waals surface area contributed by atoms with Crippen LogP contribution < -0.4 is 5.32 Å². The van der Waals surface area contributed by atoms with Crippen LogP contribution in [0.3, 0.4) is 0 Å². The summed E-state index contributed by atoms with van der Waals surface area (Å²) in [6.45, 7) is 3.60. The predicted octanol–water partition coefficient (Wildman–Crippen LogP) is 2.95. The molecular weight excluding hydrogens is 301 g/mol. The molecule has 0 bridgehead atoms. The molecule has 5 heteroatoms. The van der Waals surface area contributed by atoms with Crippen LogP contribution in [0.5, 0.6) is 0 Å². The van der Waals surface area contributed by atoms with E-state index in [0.29, 0.717) is 10.5 Å². The van der Waals surface area contributed by atoms with Gasteiger partial charge in [-0.2, -0.15) is 0 Å². The molecule has 0 saturated heterocycles. The Hall–Kier alpha value is -2.01. The highest BCUT2D eigenvalue weighted by atomic mass is 32.2. The van der Waals surface area contributed by atoms with Crippen molar-refractivity contribution in [3.8, 4) is 0 Å². The minimum atomic E-state index is -1.44. The Morgan fingerprint density at radius 3 is 2.64 bits per heavy atom. The van der Waals surface area contributed by atoms with E-state index < -0.39 is 16.0 Å². The topological polar surface area (TPSA) is 46.2 Å². The Morgan fingerprint density at radius 1 is 1.23 bits per heavy atom. The standard InChI is InChI=1S/C17H18FNO2S/c1-12-6-5-8-15(10-12)22(21)13(2)17(20)19-11-14-7-3-4-9-16(14)18/h3-10,13H,11H2,1-2H3,(H,19,20). The first-order chi connectivity index (χ1) is 10.5. The van der Waals surface area contributed by atoms with Crippen LogP contribution in [-0.2, 0) is 22.1 Å². The van der Waals surface area contributed by atoms with Gasteiger partial charge in [0.05, 0.1) is 10.8 Å². The molecule has 3 nitrogen and oxygen atoms in total. The van der Waals surface area contributed by atoms with E-state index in [1.165, 1.54) is 6.07 Å². The van der Waals surface area contributed by atoms with Crippen molar-refractivity contribution in [2.75, 3.05) is 0 Å². The second-order valence-corrected chi connectivity index (χ2v) is 6.84. The number of hydrogen-bond donors (Lipinski definition) is 1. The van der Waals surface area contributed by atoms with Crippen LogP contribution in [0.2, 0.25) is 0 Å². The molecule has 0 fully saturated rings. The minimum Gasteiger partial charge on any atom is -0.351 e. The number of amides is 1. The molecular formula is C17H18FNO2S. The number of aryl methyl sites for hydroxylation is 1. The molecule has 2 aromatic rings. The van der Waals surface area contributed by atoms with E-state index in [2.05, 4.69) is 5.32 Å². The molecule has 0 radical (unpaired) electrons. The summed E-state index contributed by atoms with van der Waals surface area (Å²) in [4.78, 5) is 12.7. The highest BCUT2D eigenvalue weighted by Gasteiger charge is 2.21. The minimum absolute atomic E-state index is 0.0842. The number of hydrogen-bond acceptors (Lipinski definition) is 2. The van der Waals surface area contributed by atoms with Gasteiger partial charge in [-0.25, -0.2) is 4.39 Å². The second kappa shape index (κ2) is 7.31. The van der Waals surface area contributed by atoms with Crippen molar-refractivity contribution in [2.45, 2.75) is 30.5 Å². The third-order valence-corrected chi connectivity index (χ3v) is 4.90. The number of carbonyl (C=O) groups is 1. The van der Waals surface area contributed by atoms with Crippen LogP contribution in [0.1, 0.15) is 18.1 Å². The average molecular weight is 319 g/mol. The maximum atomic E-state index is 13.5. The quantitative estimate of drug-likeness (QED) is 0.921. The van der Waals surface area contributed by atoms with Crippen LogP contribution >= 0.6 is 0 Å². The fraction of sp³-hybridized carbons (Fsp3) is 0.235. The Bertz CT molecular complexity index is 703. The molecule has 1 amide bonds. The Labute approximate surface area is 132 Å². The van der Waals surface area contributed by atoms with Crippen molar-refractivity contribution in [1.82, 2.24) is 5.32 Å². The highest BCUT2D eigenvalue weighted by Crippen LogP contribution is 2.13. The molecule has 0 aliphatic carbocycles. The van der Waals surface area contributed by atoms with Gasteiger partial charge >= 0.3 is 0 Å². The molecule has 0 saturated carbocycles. The predicted molar refractivity (Wildman–Crippen MR) is 85.3 cm³/mol. The van der Waals surface area contributed by atoms with Crippen molar-refractivity contribution in [3.63, 3.8) is 0 Å². The zero-order valence-corrected chi connectivity index (χ0v) is 13.3. The maximum Gasteiger partial charge on any atom is 0.236 e. The van der Waals surface area contributed by atoms with E-state index in [-0.39, 0.29) is 18.3 Å². The van der Waals surface area contributed by atoms with Gasteiger partial charge in [-0.15, -0.1) is 0 Å².